The molecule has 0 bridgehead atoms. The fraction of sp³-hybridized carbons (Fsp3) is 0.333. The van der Waals surface area contributed by atoms with Crippen molar-refractivity contribution in [1.82, 2.24) is 14.2 Å². The Labute approximate surface area is 189 Å². The number of nitrogens with one attached hydrogen (secondary N) is 1. The third kappa shape index (κ3) is 4.85. The molecule has 0 spiro atoms. The number of thiazole rings is 1. The molecule has 11 heteroatoms. The Hall–Kier alpha value is -2.73. The minimum absolute atomic E-state index is 0.0563. The van der Waals surface area contributed by atoms with Gasteiger partial charge in [0.05, 0.1) is 35.4 Å². The molecule has 9 nitrogen and oxygen atoms in total. The Bertz CT molecular complexity index is 1290. The highest BCUT2D eigenvalue weighted by Crippen LogP contribution is 2.22. The molecule has 0 saturated carbocycles. The van der Waals surface area contributed by atoms with Crippen LogP contribution in [0, 0.1) is 0 Å². The van der Waals surface area contributed by atoms with Crippen molar-refractivity contribution in [3.8, 4) is 5.75 Å². The third-order valence-electron chi connectivity index (χ3n) is 5.21. The first-order valence-corrected chi connectivity index (χ1v) is 12.3. The number of hydrogen-bond acceptors (Lipinski definition) is 7. The smallest absolute Gasteiger partial charge is 0.308 e. The first-order valence-electron chi connectivity index (χ1n) is 9.99. The van der Waals surface area contributed by atoms with Gasteiger partial charge in [-0.1, -0.05) is 23.5 Å². The highest BCUT2D eigenvalue weighted by molar-refractivity contribution is 7.89. The molecule has 0 radical (unpaired) electrons. The molecule has 0 unspecified atom stereocenters. The van der Waals surface area contributed by atoms with Gasteiger partial charge in [-0.3, -0.25) is 14.2 Å². The first-order chi connectivity index (χ1) is 15.4. The molecule has 3 aromatic rings. The fourth-order valence-electron chi connectivity index (χ4n) is 3.46. The van der Waals surface area contributed by atoms with E-state index in [1.54, 1.807) is 42.3 Å². The number of morpholine rings is 1. The van der Waals surface area contributed by atoms with E-state index < -0.39 is 10.0 Å². The maximum absolute atomic E-state index is 12.8. The van der Waals surface area contributed by atoms with E-state index >= 15 is 0 Å². The van der Waals surface area contributed by atoms with Crippen LogP contribution < -0.4 is 14.3 Å². The van der Waals surface area contributed by atoms with Crippen molar-refractivity contribution in [3.63, 3.8) is 0 Å². The van der Waals surface area contributed by atoms with E-state index in [1.165, 1.54) is 16.7 Å². The van der Waals surface area contributed by atoms with Crippen LogP contribution in [0.3, 0.4) is 0 Å². The van der Waals surface area contributed by atoms with Gasteiger partial charge in [0.1, 0.15) is 12.3 Å². The van der Waals surface area contributed by atoms with Crippen LogP contribution in [0.25, 0.3) is 10.2 Å². The molecule has 1 amide bonds. The molecule has 1 aliphatic heterocycles. The molecular weight excluding hydrogens is 454 g/mol. The van der Waals surface area contributed by atoms with Gasteiger partial charge in [-0.25, -0.2) is 13.1 Å². The van der Waals surface area contributed by atoms with E-state index in [1.807, 2.05) is 0 Å². The van der Waals surface area contributed by atoms with Crippen LogP contribution >= 0.6 is 11.3 Å². The summed E-state index contributed by atoms with van der Waals surface area (Å²) in [4.78, 5) is 26.5. The van der Waals surface area contributed by atoms with Crippen LogP contribution in [-0.2, 0) is 32.6 Å². The third-order valence-corrected chi connectivity index (χ3v) is 7.55. The predicted molar refractivity (Wildman–Crippen MR) is 121 cm³/mol. The SMILES string of the molecule is COc1cccc(CNS(=O)(=O)c2ccc3c(c2)sc(=O)n3CC(=O)N2CCOCC2)c1. The van der Waals surface area contributed by atoms with Crippen molar-refractivity contribution < 1.29 is 22.7 Å². The van der Waals surface area contributed by atoms with Crippen molar-refractivity contribution in [3.05, 3.63) is 57.7 Å². The summed E-state index contributed by atoms with van der Waals surface area (Å²) in [6, 6.07) is 11.6. The summed E-state index contributed by atoms with van der Waals surface area (Å²) >= 11 is 0.920. The van der Waals surface area contributed by atoms with Crippen LogP contribution in [0.4, 0.5) is 0 Å². The Kier molecular flexibility index (Phi) is 6.60. The number of nitrogens with zero attached hydrogens (tertiary/aromatic N) is 2. The number of fused-ring (bicyclic) bond motifs is 1. The maximum Gasteiger partial charge on any atom is 0.308 e. The van der Waals surface area contributed by atoms with Crippen molar-refractivity contribution in [2.75, 3.05) is 33.4 Å². The number of rotatable bonds is 7. The standard InChI is InChI=1S/C21H23N3O6S2/c1-29-16-4-2-3-15(11-16)13-22-32(27,28)17-5-6-18-19(12-17)31-21(26)24(18)14-20(25)23-7-9-30-10-8-23/h2-6,11-12,22H,7-10,13-14H2,1H3. The Morgan fingerprint density at radius 2 is 1.97 bits per heavy atom. The second-order valence-electron chi connectivity index (χ2n) is 7.25. The molecule has 2 aromatic carbocycles. The average Bonchev–Trinajstić information content (AvgIpc) is 3.12. The van der Waals surface area contributed by atoms with E-state index in [0.29, 0.717) is 42.3 Å². The van der Waals surface area contributed by atoms with E-state index in [0.717, 1.165) is 16.9 Å². The summed E-state index contributed by atoms with van der Waals surface area (Å²) in [5.41, 5.74) is 1.29. The molecule has 1 saturated heterocycles. The second kappa shape index (κ2) is 9.41. The van der Waals surface area contributed by atoms with Crippen molar-refractivity contribution in [2.24, 2.45) is 0 Å². The van der Waals surface area contributed by atoms with Crippen LogP contribution in [0.2, 0.25) is 0 Å². The lowest BCUT2D eigenvalue weighted by molar-refractivity contribution is -0.135. The zero-order valence-electron chi connectivity index (χ0n) is 17.4. The Balaban J connectivity index is 1.53. The molecular formula is C21H23N3O6S2. The summed E-state index contributed by atoms with van der Waals surface area (Å²) in [5.74, 6) is 0.479. The molecule has 0 aliphatic carbocycles. The van der Waals surface area contributed by atoms with Crippen LogP contribution in [0.15, 0.2) is 52.2 Å². The van der Waals surface area contributed by atoms with Gasteiger partial charge in [-0.05, 0) is 35.9 Å². The number of ether oxygens (including phenoxy) is 2. The molecule has 1 N–H and O–H groups in total. The Morgan fingerprint density at radius 1 is 1.19 bits per heavy atom. The second-order valence-corrected chi connectivity index (χ2v) is 10.0. The van der Waals surface area contributed by atoms with Gasteiger partial charge < -0.3 is 14.4 Å². The molecule has 0 atom stereocenters. The monoisotopic (exact) mass is 477 g/mol. The number of methoxy groups -OCH3 is 1. The molecule has 4 rings (SSSR count). The lowest BCUT2D eigenvalue weighted by Gasteiger charge is -2.26. The van der Waals surface area contributed by atoms with Crippen molar-refractivity contribution in [1.29, 1.82) is 0 Å². The Morgan fingerprint density at radius 3 is 2.72 bits per heavy atom. The summed E-state index contributed by atoms with van der Waals surface area (Å²) < 4.78 is 40.4. The van der Waals surface area contributed by atoms with Crippen molar-refractivity contribution in [2.45, 2.75) is 18.0 Å². The number of benzene rings is 2. The van der Waals surface area contributed by atoms with Crippen LogP contribution in [-0.4, -0.2) is 57.2 Å². The molecule has 32 heavy (non-hydrogen) atoms. The quantitative estimate of drug-likeness (QED) is 0.552. The molecule has 2 heterocycles. The number of aromatic nitrogens is 1. The van der Waals surface area contributed by atoms with Crippen LogP contribution in [0.5, 0.6) is 5.75 Å². The van der Waals surface area contributed by atoms with Gasteiger partial charge in [0.2, 0.25) is 15.9 Å². The number of carbonyl (C=O) groups excluding carboxylic acids is 1. The van der Waals surface area contributed by atoms with E-state index in [9.17, 15) is 18.0 Å². The zero-order chi connectivity index (χ0) is 22.7. The van der Waals surface area contributed by atoms with Gasteiger partial charge in [-0.15, -0.1) is 0 Å². The van der Waals surface area contributed by atoms with E-state index in [2.05, 4.69) is 4.72 Å². The normalized spacial score (nSPS) is 14.6. The molecule has 1 fully saturated rings. The van der Waals surface area contributed by atoms with E-state index in [-0.39, 0.29) is 28.8 Å². The summed E-state index contributed by atoms with van der Waals surface area (Å²) in [6.07, 6.45) is 0. The summed E-state index contributed by atoms with van der Waals surface area (Å²) in [5, 5.41) is 0. The predicted octanol–water partition coefficient (Wildman–Crippen LogP) is 1.41. The van der Waals surface area contributed by atoms with Gasteiger partial charge in [0, 0.05) is 19.6 Å². The largest absolute Gasteiger partial charge is 0.497 e. The summed E-state index contributed by atoms with van der Waals surface area (Å²) in [7, 11) is -2.25. The number of hydrogen-bond donors (Lipinski definition) is 1. The highest BCUT2D eigenvalue weighted by atomic mass is 32.2. The topological polar surface area (TPSA) is 107 Å². The zero-order valence-corrected chi connectivity index (χ0v) is 19.1. The minimum atomic E-state index is -3.80. The molecule has 1 aromatic heterocycles. The highest BCUT2D eigenvalue weighted by Gasteiger charge is 2.21. The van der Waals surface area contributed by atoms with Gasteiger partial charge in [-0.2, -0.15) is 0 Å². The number of amides is 1. The van der Waals surface area contributed by atoms with E-state index in [4.69, 9.17) is 9.47 Å². The molecule has 170 valence electrons. The van der Waals surface area contributed by atoms with Gasteiger partial charge >= 0.3 is 4.87 Å². The fourth-order valence-corrected chi connectivity index (χ4v) is 5.50. The number of carbonyl (C=O) groups is 1. The summed E-state index contributed by atoms with van der Waals surface area (Å²) in [6.45, 7) is 1.97. The maximum atomic E-state index is 12.8. The lowest BCUT2D eigenvalue weighted by atomic mass is 10.2. The molecule has 1 aliphatic rings. The first kappa shape index (κ1) is 22.5. The van der Waals surface area contributed by atoms with Gasteiger partial charge in [0.25, 0.3) is 0 Å². The van der Waals surface area contributed by atoms with Crippen molar-refractivity contribution >= 4 is 37.5 Å². The van der Waals surface area contributed by atoms with Gasteiger partial charge in [0.15, 0.2) is 0 Å². The lowest BCUT2D eigenvalue weighted by Crippen LogP contribution is -2.43. The minimum Gasteiger partial charge on any atom is -0.497 e. The average molecular weight is 478 g/mol. The number of sulfonamides is 1. The van der Waals surface area contributed by atoms with Crippen LogP contribution in [0.1, 0.15) is 5.56 Å².